The van der Waals surface area contributed by atoms with E-state index in [1.165, 1.54) is 12.1 Å². The average Bonchev–Trinajstić information content (AvgIpc) is 2.89. The van der Waals surface area contributed by atoms with E-state index in [0.29, 0.717) is 11.4 Å². The van der Waals surface area contributed by atoms with E-state index in [-0.39, 0.29) is 27.3 Å². The molecule has 0 aromatic heterocycles. The van der Waals surface area contributed by atoms with Crippen LogP contribution in [0.4, 0.5) is 0 Å². The van der Waals surface area contributed by atoms with Crippen molar-refractivity contribution in [1.29, 1.82) is 0 Å². The minimum absolute atomic E-state index is 0.105. The molecule has 5 nitrogen and oxygen atoms in total. The van der Waals surface area contributed by atoms with Crippen LogP contribution in [0.25, 0.3) is 0 Å². The van der Waals surface area contributed by atoms with Gasteiger partial charge in [-0.2, -0.15) is 0 Å². The molecule has 3 rings (SSSR count). The normalized spacial score (nSPS) is 29.8. The van der Waals surface area contributed by atoms with E-state index >= 15 is 0 Å². The fourth-order valence-electron chi connectivity index (χ4n) is 4.72. The Labute approximate surface area is 169 Å². The fourth-order valence-corrected chi connectivity index (χ4v) is 5.21. The molecule has 27 heavy (non-hydrogen) atoms. The standard InChI is InChI=1S/C20H24Cl2N2O3/c1-18(2)19(3)8-9-20(18,17(26)24(4)5)11-15(19)23-27-16(25)13-7-6-12(21)10-14(13)22/h6-7,10H,8-9,11H2,1-5H3. The third kappa shape index (κ3) is 2.78. The van der Waals surface area contributed by atoms with E-state index in [1.807, 2.05) is 0 Å². The molecular weight excluding hydrogens is 387 g/mol. The summed E-state index contributed by atoms with van der Waals surface area (Å²) in [5.74, 6) is -0.533. The van der Waals surface area contributed by atoms with Gasteiger partial charge in [0.2, 0.25) is 5.91 Å². The Morgan fingerprint density at radius 2 is 1.81 bits per heavy atom. The fraction of sp³-hybridized carbons (Fsp3) is 0.550. The van der Waals surface area contributed by atoms with Crippen molar-refractivity contribution in [1.82, 2.24) is 4.90 Å². The molecule has 2 aliphatic rings. The summed E-state index contributed by atoms with van der Waals surface area (Å²) in [5, 5.41) is 4.86. The average molecular weight is 411 g/mol. The Morgan fingerprint density at radius 3 is 2.41 bits per heavy atom. The summed E-state index contributed by atoms with van der Waals surface area (Å²) in [6.45, 7) is 6.33. The van der Waals surface area contributed by atoms with Crippen LogP contribution >= 0.6 is 23.2 Å². The Hall–Kier alpha value is -1.59. The van der Waals surface area contributed by atoms with Crippen molar-refractivity contribution in [2.75, 3.05) is 14.1 Å². The lowest BCUT2D eigenvalue weighted by atomic mass is 9.64. The monoisotopic (exact) mass is 410 g/mol. The van der Waals surface area contributed by atoms with Gasteiger partial charge in [-0.05, 0) is 36.5 Å². The number of oxime groups is 1. The molecule has 2 bridgehead atoms. The molecule has 2 aliphatic carbocycles. The van der Waals surface area contributed by atoms with Crippen LogP contribution in [0.15, 0.2) is 23.4 Å². The molecule has 2 fully saturated rings. The van der Waals surface area contributed by atoms with Crippen LogP contribution in [0.2, 0.25) is 10.0 Å². The van der Waals surface area contributed by atoms with Gasteiger partial charge in [0.25, 0.3) is 0 Å². The third-order valence-corrected chi connectivity index (χ3v) is 7.49. The van der Waals surface area contributed by atoms with Crippen LogP contribution in [-0.2, 0) is 9.63 Å². The number of fused-ring (bicyclic) bond motifs is 2. The first-order chi connectivity index (χ1) is 12.5. The van der Waals surface area contributed by atoms with Gasteiger partial charge in [-0.1, -0.05) is 49.1 Å². The van der Waals surface area contributed by atoms with Crippen molar-refractivity contribution in [2.24, 2.45) is 21.4 Å². The molecule has 7 heteroatoms. The number of hydrogen-bond donors (Lipinski definition) is 0. The molecule has 0 heterocycles. The largest absolute Gasteiger partial charge is 0.367 e. The lowest BCUT2D eigenvalue weighted by molar-refractivity contribution is -0.144. The smallest absolute Gasteiger partial charge is 0.348 e. The topological polar surface area (TPSA) is 59.0 Å². The minimum atomic E-state index is -0.638. The molecule has 2 unspecified atom stereocenters. The van der Waals surface area contributed by atoms with E-state index in [4.69, 9.17) is 28.0 Å². The van der Waals surface area contributed by atoms with Crippen molar-refractivity contribution in [2.45, 2.75) is 40.0 Å². The summed E-state index contributed by atoms with van der Waals surface area (Å²) >= 11 is 11.9. The zero-order valence-corrected chi connectivity index (χ0v) is 17.7. The van der Waals surface area contributed by atoms with Gasteiger partial charge in [0.15, 0.2) is 0 Å². The zero-order valence-electron chi connectivity index (χ0n) is 16.2. The first-order valence-electron chi connectivity index (χ1n) is 8.92. The maximum absolute atomic E-state index is 13.0. The number of amides is 1. The third-order valence-electron chi connectivity index (χ3n) is 6.94. The van der Waals surface area contributed by atoms with Crippen LogP contribution in [0.5, 0.6) is 0 Å². The van der Waals surface area contributed by atoms with E-state index < -0.39 is 11.4 Å². The van der Waals surface area contributed by atoms with Crippen molar-refractivity contribution >= 4 is 40.8 Å². The van der Waals surface area contributed by atoms with Crippen molar-refractivity contribution in [3.8, 4) is 0 Å². The van der Waals surface area contributed by atoms with Crippen molar-refractivity contribution in [3.63, 3.8) is 0 Å². The van der Waals surface area contributed by atoms with Crippen molar-refractivity contribution < 1.29 is 14.4 Å². The van der Waals surface area contributed by atoms with Gasteiger partial charge >= 0.3 is 5.97 Å². The molecule has 1 aromatic rings. The Kier molecular flexibility index (Phi) is 4.84. The molecular formula is C20H24Cl2N2O3. The number of rotatable bonds is 3. The maximum atomic E-state index is 13.0. The van der Waals surface area contributed by atoms with Crippen LogP contribution in [-0.4, -0.2) is 36.6 Å². The molecule has 0 aliphatic heterocycles. The summed E-state index contributed by atoms with van der Waals surface area (Å²) in [6, 6.07) is 4.57. The van der Waals surface area contributed by atoms with Crippen LogP contribution < -0.4 is 0 Å². The summed E-state index contributed by atoms with van der Waals surface area (Å²) in [4.78, 5) is 32.3. The molecule has 2 saturated carbocycles. The highest BCUT2D eigenvalue weighted by atomic mass is 35.5. The molecule has 0 spiro atoms. The molecule has 0 radical (unpaired) electrons. The number of hydrogen-bond acceptors (Lipinski definition) is 4. The lowest BCUT2D eigenvalue weighted by Gasteiger charge is -2.40. The van der Waals surface area contributed by atoms with Gasteiger partial charge in [-0.15, -0.1) is 0 Å². The van der Waals surface area contributed by atoms with Crippen LogP contribution in [0.1, 0.15) is 50.4 Å². The van der Waals surface area contributed by atoms with Crippen molar-refractivity contribution in [3.05, 3.63) is 33.8 Å². The number of carbonyl (C=O) groups is 2. The van der Waals surface area contributed by atoms with Gasteiger partial charge in [-0.3, -0.25) is 4.79 Å². The maximum Gasteiger partial charge on any atom is 0.367 e. The molecule has 1 aromatic carbocycles. The Bertz CT molecular complexity index is 850. The first-order valence-corrected chi connectivity index (χ1v) is 9.67. The number of halogens is 2. The predicted molar refractivity (Wildman–Crippen MR) is 106 cm³/mol. The summed E-state index contributed by atoms with van der Waals surface area (Å²) in [5.41, 5.74) is -0.147. The highest BCUT2D eigenvalue weighted by molar-refractivity contribution is 6.36. The molecule has 0 N–H and O–H groups in total. The minimum Gasteiger partial charge on any atom is -0.348 e. The number of benzene rings is 1. The van der Waals surface area contributed by atoms with Crippen LogP contribution in [0, 0.1) is 16.2 Å². The van der Waals surface area contributed by atoms with E-state index in [2.05, 4.69) is 25.9 Å². The van der Waals surface area contributed by atoms with Crippen LogP contribution in [0.3, 0.4) is 0 Å². The van der Waals surface area contributed by atoms with Gasteiger partial charge < -0.3 is 9.74 Å². The highest BCUT2D eigenvalue weighted by Gasteiger charge is 2.72. The summed E-state index contributed by atoms with van der Waals surface area (Å²) in [6.07, 6.45) is 2.14. The number of nitrogens with zero attached hydrogens (tertiary/aromatic N) is 2. The summed E-state index contributed by atoms with van der Waals surface area (Å²) < 4.78 is 0. The zero-order chi connectivity index (χ0) is 20.2. The molecule has 0 saturated heterocycles. The van der Waals surface area contributed by atoms with E-state index in [9.17, 15) is 9.59 Å². The van der Waals surface area contributed by atoms with Gasteiger partial charge in [0.1, 0.15) is 0 Å². The van der Waals surface area contributed by atoms with Gasteiger partial charge in [-0.25, -0.2) is 4.79 Å². The Morgan fingerprint density at radius 1 is 1.15 bits per heavy atom. The number of carbonyl (C=O) groups excluding carboxylic acids is 2. The Balaban J connectivity index is 1.90. The lowest BCUT2D eigenvalue weighted by Crippen LogP contribution is -2.46. The molecule has 1 amide bonds. The second-order valence-electron chi connectivity index (χ2n) is 8.46. The predicted octanol–water partition coefficient (Wildman–Crippen LogP) is 4.81. The van der Waals surface area contributed by atoms with E-state index in [1.54, 1.807) is 25.1 Å². The SMILES string of the molecule is CN(C)C(=O)C12CCC(C)(C(=NOC(=O)c3ccc(Cl)cc3Cl)C1)C2(C)C. The second-order valence-corrected chi connectivity index (χ2v) is 9.30. The quantitative estimate of drug-likeness (QED) is 0.530. The molecule has 146 valence electrons. The van der Waals surface area contributed by atoms with Gasteiger partial charge in [0, 0.05) is 31.0 Å². The van der Waals surface area contributed by atoms with Gasteiger partial charge in [0.05, 0.1) is 21.7 Å². The van der Waals surface area contributed by atoms with E-state index in [0.717, 1.165) is 18.6 Å². The first kappa shape index (κ1) is 20.2. The molecule has 2 atom stereocenters. The summed E-state index contributed by atoms with van der Waals surface area (Å²) in [7, 11) is 3.56. The second kappa shape index (κ2) is 6.49. The highest BCUT2D eigenvalue weighted by Crippen LogP contribution is 2.71.